The molecule has 0 aromatic rings. The SMILES string of the molecule is CCCCCCCCCCCC(CC(O[Si](C)(C)C)C(CCCCCC)C(=O)OCC)O[Si](C)(C)C. The molecule has 0 amide bonds. The van der Waals surface area contributed by atoms with Crippen LogP contribution in [-0.2, 0) is 18.4 Å². The highest BCUT2D eigenvalue weighted by atomic mass is 28.4. The van der Waals surface area contributed by atoms with Gasteiger partial charge in [0.1, 0.15) is 0 Å². The number of hydrogen-bond acceptors (Lipinski definition) is 4. The van der Waals surface area contributed by atoms with Crippen molar-refractivity contribution >= 4 is 22.6 Å². The van der Waals surface area contributed by atoms with Crippen molar-refractivity contribution in [2.75, 3.05) is 6.61 Å². The van der Waals surface area contributed by atoms with Crippen molar-refractivity contribution in [2.45, 2.75) is 175 Å². The normalized spacial score (nSPS) is 15.0. The quantitative estimate of drug-likeness (QED) is 0.0689. The van der Waals surface area contributed by atoms with Gasteiger partial charge in [-0.3, -0.25) is 4.79 Å². The number of ether oxygens (including phenoxy) is 1. The fourth-order valence-electron chi connectivity index (χ4n) is 4.91. The second-order valence-electron chi connectivity index (χ2n) is 12.7. The average molecular weight is 545 g/mol. The highest BCUT2D eigenvalue weighted by molar-refractivity contribution is 6.70. The van der Waals surface area contributed by atoms with Crippen LogP contribution < -0.4 is 0 Å². The van der Waals surface area contributed by atoms with E-state index in [1.54, 1.807) is 0 Å². The molecule has 216 valence electrons. The predicted octanol–water partition coefficient (Wildman–Crippen LogP) is 9.89. The smallest absolute Gasteiger partial charge is 0.311 e. The van der Waals surface area contributed by atoms with Gasteiger partial charge in [0.25, 0.3) is 0 Å². The third kappa shape index (κ3) is 20.8. The van der Waals surface area contributed by atoms with E-state index < -0.39 is 16.6 Å². The molecule has 0 fully saturated rings. The van der Waals surface area contributed by atoms with Crippen LogP contribution in [-0.4, -0.2) is 41.4 Å². The summed E-state index contributed by atoms with van der Waals surface area (Å²) in [5.41, 5.74) is 0. The monoisotopic (exact) mass is 544 g/mol. The van der Waals surface area contributed by atoms with E-state index >= 15 is 0 Å². The Labute approximate surface area is 228 Å². The Morgan fingerprint density at radius 2 is 1.06 bits per heavy atom. The highest BCUT2D eigenvalue weighted by Gasteiger charge is 2.36. The summed E-state index contributed by atoms with van der Waals surface area (Å²) in [7, 11) is -3.56. The van der Waals surface area contributed by atoms with Crippen LogP contribution in [0.2, 0.25) is 39.3 Å². The number of carbonyl (C=O) groups is 1. The maximum atomic E-state index is 13.1. The summed E-state index contributed by atoms with van der Waals surface area (Å²) in [5, 5.41) is 0. The summed E-state index contributed by atoms with van der Waals surface area (Å²) in [6.07, 6.45) is 19.4. The predicted molar refractivity (Wildman–Crippen MR) is 162 cm³/mol. The third-order valence-electron chi connectivity index (χ3n) is 6.56. The molecule has 0 radical (unpaired) electrons. The second-order valence-corrected chi connectivity index (χ2v) is 21.6. The molecule has 0 spiro atoms. The maximum absolute atomic E-state index is 13.1. The molecule has 0 aliphatic carbocycles. The van der Waals surface area contributed by atoms with Gasteiger partial charge in [0.05, 0.1) is 18.6 Å². The fraction of sp³-hybridized carbons (Fsp3) is 0.967. The molecule has 0 bridgehead atoms. The molecule has 6 heteroatoms. The minimum atomic E-state index is -1.85. The van der Waals surface area contributed by atoms with E-state index in [4.69, 9.17) is 13.6 Å². The minimum Gasteiger partial charge on any atom is -0.466 e. The van der Waals surface area contributed by atoms with Crippen LogP contribution in [0.1, 0.15) is 124 Å². The Morgan fingerprint density at radius 1 is 0.611 bits per heavy atom. The van der Waals surface area contributed by atoms with Crippen LogP contribution in [0.5, 0.6) is 0 Å². The van der Waals surface area contributed by atoms with E-state index in [0.29, 0.717) is 6.61 Å². The molecule has 3 unspecified atom stereocenters. The molecular weight excluding hydrogens is 480 g/mol. The van der Waals surface area contributed by atoms with Crippen LogP contribution in [0, 0.1) is 5.92 Å². The Hall–Kier alpha value is -0.176. The first kappa shape index (κ1) is 35.8. The minimum absolute atomic E-state index is 0.0768. The van der Waals surface area contributed by atoms with Gasteiger partial charge in [-0.05, 0) is 65.5 Å². The Morgan fingerprint density at radius 3 is 1.53 bits per heavy atom. The summed E-state index contributed by atoms with van der Waals surface area (Å²) in [4.78, 5) is 13.1. The van der Waals surface area contributed by atoms with Gasteiger partial charge in [-0.1, -0.05) is 97.3 Å². The molecule has 0 rings (SSSR count). The number of esters is 1. The first-order chi connectivity index (χ1) is 16.9. The molecule has 0 saturated heterocycles. The summed E-state index contributed by atoms with van der Waals surface area (Å²) in [5.74, 6) is -0.267. The lowest BCUT2D eigenvalue weighted by molar-refractivity contribution is -0.152. The van der Waals surface area contributed by atoms with E-state index in [2.05, 4.69) is 53.1 Å². The first-order valence-corrected chi connectivity index (χ1v) is 22.3. The molecule has 0 saturated carbocycles. The van der Waals surface area contributed by atoms with E-state index in [-0.39, 0.29) is 24.1 Å². The Kier molecular flexibility index (Phi) is 20.6. The highest BCUT2D eigenvalue weighted by Crippen LogP contribution is 2.29. The van der Waals surface area contributed by atoms with Gasteiger partial charge >= 0.3 is 5.97 Å². The van der Waals surface area contributed by atoms with Crippen LogP contribution in [0.4, 0.5) is 0 Å². The molecule has 3 atom stereocenters. The summed E-state index contributed by atoms with van der Waals surface area (Å²) >= 11 is 0. The lowest BCUT2D eigenvalue weighted by Gasteiger charge is -2.36. The second kappa shape index (κ2) is 20.7. The standard InChI is InChI=1S/C30H64O4Si2/c1-10-13-15-17-18-19-20-21-22-24-27(33-35(4,5)6)26-29(34-36(7,8)9)28(30(31)32-12-3)25-23-16-14-11-2/h27-29H,10-26H2,1-9H3. The van der Waals surface area contributed by atoms with Crippen LogP contribution >= 0.6 is 0 Å². The van der Waals surface area contributed by atoms with Gasteiger partial charge in [0, 0.05) is 6.10 Å². The molecule has 0 aromatic heterocycles. The van der Waals surface area contributed by atoms with Crippen molar-refractivity contribution in [1.29, 1.82) is 0 Å². The molecular formula is C30H64O4Si2. The van der Waals surface area contributed by atoms with Crippen molar-refractivity contribution in [1.82, 2.24) is 0 Å². The van der Waals surface area contributed by atoms with Gasteiger partial charge in [0.2, 0.25) is 0 Å². The van der Waals surface area contributed by atoms with E-state index in [0.717, 1.165) is 25.7 Å². The van der Waals surface area contributed by atoms with Gasteiger partial charge in [-0.25, -0.2) is 0 Å². The van der Waals surface area contributed by atoms with Gasteiger partial charge in [0.15, 0.2) is 16.6 Å². The zero-order valence-electron chi connectivity index (χ0n) is 25.9. The van der Waals surface area contributed by atoms with Crippen molar-refractivity contribution in [2.24, 2.45) is 5.92 Å². The molecule has 0 aromatic carbocycles. The average Bonchev–Trinajstić information content (AvgIpc) is 2.75. The third-order valence-corrected chi connectivity index (χ3v) is 8.61. The largest absolute Gasteiger partial charge is 0.466 e. The first-order valence-electron chi connectivity index (χ1n) is 15.5. The van der Waals surface area contributed by atoms with Crippen LogP contribution in [0.3, 0.4) is 0 Å². The summed E-state index contributed by atoms with van der Waals surface area (Å²) in [6.45, 7) is 20.4. The van der Waals surface area contributed by atoms with Gasteiger partial charge in [-0.15, -0.1) is 0 Å². The van der Waals surface area contributed by atoms with Crippen molar-refractivity contribution < 1.29 is 18.4 Å². The van der Waals surface area contributed by atoms with Gasteiger partial charge < -0.3 is 13.6 Å². The number of unbranched alkanes of at least 4 members (excludes halogenated alkanes) is 11. The van der Waals surface area contributed by atoms with Crippen molar-refractivity contribution in [3.63, 3.8) is 0 Å². The van der Waals surface area contributed by atoms with E-state index in [1.165, 1.54) is 77.0 Å². The van der Waals surface area contributed by atoms with Crippen molar-refractivity contribution in [3.8, 4) is 0 Å². The van der Waals surface area contributed by atoms with Crippen LogP contribution in [0.15, 0.2) is 0 Å². The van der Waals surface area contributed by atoms with Crippen LogP contribution in [0.25, 0.3) is 0 Å². The van der Waals surface area contributed by atoms with Gasteiger partial charge in [-0.2, -0.15) is 0 Å². The van der Waals surface area contributed by atoms with E-state index in [9.17, 15) is 4.79 Å². The lowest BCUT2D eigenvalue weighted by atomic mass is 9.90. The lowest BCUT2D eigenvalue weighted by Crippen LogP contribution is -2.43. The summed E-state index contributed by atoms with van der Waals surface area (Å²) in [6, 6.07) is 0. The Bertz CT molecular complexity index is 528. The Balaban J connectivity index is 5.25. The topological polar surface area (TPSA) is 44.8 Å². The molecule has 0 aliphatic heterocycles. The molecule has 4 nitrogen and oxygen atoms in total. The molecule has 36 heavy (non-hydrogen) atoms. The zero-order chi connectivity index (χ0) is 27.5. The number of carbonyl (C=O) groups excluding carboxylic acids is 1. The zero-order valence-corrected chi connectivity index (χ0v) is 27.9. The number of rotatable bonds is 24. The maximum Gasteiger partial charge on any atom is 0.311 e. The van der Waals surface area contributed by atoms with E-state index in [1.807, 2.05) is 6.92 Å². The summed E-state index contributed by atoms with van der Waals surface area (Å²) < 4.78 is 19.0. The number of hydrogen-bond donors (Lipinski definition) is 0. The molecule has 0 N–H and O–H groups in total. The molecule has 0 heterocycles. The fourth-order valence-corrected chi connectivity index (χ4v) is 7.29. The molecule has 0 aliphatic rings. The van der Waals surface area contributed by atoms with Crippen molar-refractivity contribution in [3.05, 3.63) is 0 Å².